The third kappa shape index (κ3) is 5.43. The van der Waals surface area contributed by atoms with Crippen molar-refractivity contribution in [2.75, 3.05) is 0 Å². The van der Waals surface area contributed by atoms with Crippen molar-refractivity contribution < 1.29 is 4.42 Å². The fourth-order valence-corrected chi connectivity index (χ4v) is 6.78. The first kappa shape index (κ1) is 29.5. The fraction of sp³-hybridized carbons (Fsp3) is 0.0217. The van der Waals surface area contributed by atoms with Crippen LogP contribution in [0, 0.1) is 6.92 Å². The summed E-state index contributed by atoms with van der Waals surface area (Å²) in [4.78, 5) is 15.1. The second kappa shape index (κ2) is 12.4. The molecule has 50 heavy (non-hydrogen) atoms. The average Bonchev–Trinajstić information content (AvgIpc) is 3.56. The van der Waals surface area contributed by atoms with Gasteiger partial charge in [-0.3, -0.25) is 0 Å². The Balaban J connectivity index is 1.22. The van der Waals surface area contributed by atoms with E-state index in [9.17, 15) is 0 Å². The van der Waals surface area contributed by atoms with Crippen molar-refractivity contribution in [2.24, 2.45) is 0 Å². The molecular formula is C46H31N3O. The van der Waals surface area contributed by atoms with Gasteiger partial charge in [0.15, 0.2) is 17.5 Å². The zero-order chi connectivity index (χ0) is 33.4. The van der Waals surface area contributed by atoms with Gasteiger partial charge in [0.2, 0.25) is 0 Å². The molecule has 0 amide bonds. The zero-order valence-electron chi connectivity index (χ0n) is 27.4. The van der Waals surface area contributed by atoms with E-state index in [-0.39, 0.29) is 0 Å². The van der Waals surface area contributed by atoms with Crippen LogP contribution in [0.3, 0.4) is 0 Å². The lowest BCUT2D eigenvalue weighted by Gasteiger charge is -2.12. The largest absolute Gasteiger partial charge is 0.456 e. The molecule has 0 saturated heterocycles. The number of nitrogens with zero attached hydrogens (tertiary/aromatic N) is 3. The highest BCUT2D eigenvalue weighted by atomic mass is 16.3. The van der Waals surface area contributed by atoms with Crippen LogP contribution in [0.1, 0.15) is 5.56 Å². The van der Waals surface area contributed by atoms with Crippen molar-refractivity contribution in [2.45, 2.75) is 6.92 Å². The molecular weight excluding hydrogens is 611 g/mol. The maximum absolute atomic E-state index is 6.60. The van der Waals surface area contributed by atoms with E-state index in [0.717, 1.165) is 66.4 Å². The van der Waals surface area contributed by atoms with Gasteiger partial charge in [-0.25, -0.2) is 15.0 Å². The van der Waals surface area contributed by atoms with Crippen LogP contribution in [0.15, 0.2) is 174 Å². The molecule has 0 spiro atoms. The number of aryl methyl sites for hydroxylation is 1. The number of benzene rings is 7. The smallest absolute Gasteiger partial charge is 0.164 e. The number of rotatable bonds is 6. The highest BCUT2D eigenvalue weighted by molar-refractivity contribution is 6.16. The molecule has 0 N–H and O–H groups in total. The SMILES string of the molecule is Cc1cccc(-c2cccc(-c3nc(-c4ccccc4)nc(-c4ccc5c(c4)oc4ccc(-c6ccccc6)c(-c6ccccc6)c45)n3)c2)c1. The molecule has 0 bridgehead atoms. The summed E-state index contributed by atoms with van der Waals surface area (Å²) >= 11 is 0. The van der Waals surface area contributed by atoms with Gasteiger partial charge in [-0.2, -0.15) is 0 Å². The van der Waals surface area contributed by atoms with Crippen LogP contribution in [0.5, 0.6) is 0 Å². The summed E-state index contributed by atoms with van der Waals surface area (Å²) in [6, 6.07) is 58.6. The van der Waals surface area contributed by atoms with E-state index in [1.54, 1.807) is 0 Å². The van der Waals surface area contributed by atoms with Crippen molar-refractivity contribution in [3.8, 4) is 67.5 Å². The molecule has 2 aromatic heterocycles. The predicted molar refractivity (Wildman–Crippen MR) is 204 cm³/mol. The third-order valence-electron chi connectivity index (χ3n) is 9.18. The quantitative estimate of drug-likeness (QED) is 0.181. The molecule has 0 aliphatic rings. The Hall–Kier alpha value is -6.65. The van der Waals surface area contributed by atoms with E-state index in [1.807, 2.05) is 30.3 Å². The lowest BCUT2D eigenvalue weighted by atomic mass is 9.90. The van der Waals surface area contributed by atoms with Gasteiger partial charge in [-0.1, -0.05) is 151 Å². The first-order chi connectivity index (χ1) is 24.7. The van der Waals surface area contributed by atoms with E-state index in [0.29, 0.717) is 17.5 Å². The summed E-state index contributed by atoms with van der Waals surface area (Å²) in [5.74, 6) is 1.83. The summed E-state index contributed by atoms with van der Waals surface area (Å²) in [6.07, 6.45) is 0. The number of fused-ring (bicyclic) bond motifs is 3. The maximum Gasteiger partial charge on any atom is 0.164 e. The molecule has 0 fully saturated rings. The van der Waals surface area contributed by atoms with Crippen molar-refractivity contribution in [3.63, 3.8) is 0 Å². The Morgan fingerprint density at radius 2 is 0.920 bits per heavy atom. The molecule has 9 aromatic rings. The van der Waals surface area contributed by atoms with Crippen molar-refractivity contribution in [1.29, 1.82) is 0 Å². The monoisotopic (exact) mass is 641 g/mol. The lowest BCUT2D eigenvalue weighted by molar-refractivity contribution is 0.669. The van der Waals surface area contributed by atoms with Crippen LogP contribution in [-0.4, -0.2) is 15.0 Å². The van der Waals surface area contributed by atoms with Crippen LogP contribution < -0.4 is 0 Å². The van der Waals surface area contributed by atoms with Gasteiger partial charge in [0.05, 0.1) is 0 Å². The summed E-state index contributed by atoms with van der Waals surface area (Å²) in [6.45, 7) is 2.11. The van der Waals surface area contributed by atoms with Gasteiger partial charge in [0.1, 0.15) is 11.2 Å². The minimum absolute atomic E-state index is 0.588. The second-order valence-electron chi connectivity index (χ2n) is 12.5. The van der Waals surface area contributed by atoms with Crippen LogP contribution in [0.2, 0.25) is 0 Å². The van der Waals surface area contributed by atoms with E-state index in [4.69, 9.17) is 19.4 Å². The van der Waals surface area contributed by atoms with Gasteiger partial charge in [-0.15, -0.1) is 0 Å². The molecule has 0 saturated carbocycles. The molecule has 0 aliphatic heterocycles. The van der Waals surface area contributed by atoms with Gasteiger partial charge in [0, 0.05) is 33.0 Å². The highest BCUT2D eigenvalue weighted by Gasteiger charge is 2.19. The Kier molecular flexibility index (Phi) is 7.33. The molecule has 0 radical (unpaired) electrons. The first-order valence-corrected chi connectivity index (χ1v) is 16.8. The summed E-state index contributed by atoms with van der Waals surface area (Å²) < 4.78 is 6.60. The van der Waals surface area contributed by atoms with Crippen molar-refractivity contribution in [1.82, 2.24) is 15.0 Å². The van der Waals surface area contributed by atoms with Crippen LogP contribution >= 0.6 is 0 Å². The van der Waals surface area contributed by atoms with Crippen LogP contribution in [0.25, 0.3) is 89.5 Å². The molecule has 7 aromatic carbocycles. The van der Waals surface area contributed by atoms with Crippen molar-refractivity contribution >= 4 is 21.9 Å². The number of hydrogen-bond donors (Lipinski definition) is 0. The average molecular weight is 642 g/mol. The van der Waals surface area contributed by atoms with Crippen LogP contribution in [0.4, 0.5) is 0 Å². The Morgan fingerprint density at radius 3 is 1.60 bits per heavy atom. The molecule has 0 unspecified atom stereocenters. The van der Waals surface area contributed by atoms with E-state index >= 15 is 0 Å². The van der Waals surface area contributed by atoms with Crippen molar-refractivity contribution in [3.05, 3.63) is 175 Å². The topological polar surface area (TPSA) is 51.8 Å². The molecule has 4 nitrogen and oxygen atoms in total. The fourth-order valence-electron chi connectivity index (χ4n) is 6.78. The molecule has 236 valence electrons. The van der Waals surface area contributed by atoms with Gasteiger partial charge in [0.25, 0.3) is 0 Å². The summed E-state index contributed by atoms with van der Waals surface area (Å²) in [7, 11) is 0. The second-order valence-corrected chi connectivity index (χ2v) is 12.5. The number of hydrogen-bond acceptors (Lipinski definition) is 4. The molecule has 0 atom stereocenters. The predicted octanol–water partition coefficient (Wildman–Crippen LogP) is 12.1. The Bertz CT molecular complexity index is 2650. The van der Waals surface area contributed by atoms with Gasteiger partial charge in [-0.05, 0) is 59.0 Å². The third-order valence-corrected chi connectivity index (χ3v) is 9.18. The molecule has 9 rings (SSSR count). The van der Waals surface area contributed by atoms with Gasteiger partial charge < -0.3 is 4.42 Å². The minimum Gasteiger partial charge on any atom is -0.456 e. The summed E-state index contributed by atoms with van der Waals surface area (Å²) in [5, 5.41) is 2.14. The summed E-state index contributed by atoms with van der Waals surface area (Å²) in [5.41, 5.74) is 12.5. The lowest BCUT2D eigenvalue weighted by Crippen LogP contribution is -2.00. The number of aromatic nitrogens is 3. The van der Waals surface area contributed by atoms with Crippen LogP contribution in [-0.2, 0) is 0 Å². The Morgan fingerprint density at radius 1 is 0.380 bits per heavy atom. The Labute approximate surface area is 290 Å². The highest BCUT2D eigenvalue weighted by Crippen LogP contribution is 2.43. The standard InChI is InChI=1S/C46H31N3O/c1-30-13-11-20-34(27-30)35-21-12-22-36(28-35)45-47-44(33-18-9-4-10-19-33)48-46(49-45)37-23-24-39-41(29-37)50-40-26-25-38(31-14-5-2-6-15-31)42(43(39)40)32-16-7-3-8-17-32/h2-29H,1H3. The molecule has 2 heterocycles. The van der Waals surface area contributed by atoms with E-state index in [2.05, 4.69) is 146 Å². The zero-order valence-corrected chi connectivity index (χ0v) is 27.4. The maximum atomic E-state index is 6.60. The van der Waals surface area contributed by atoms with E-state index in [1.165, 1.54) is 11.1 Å². The number of furan rings is 1. The molecule has 0 aliphatic carbocycles. The minimum atomic E-state index is 0.588. The molecule has 4 heteroatoms. The normalized spacial score (nSPS) is 11.3. The first-order valence-electron chi connectivity index (χ1n) is 16.8. The van der Waals surface area contributed by atoms with Gasteiger partial charge >= 0.3 is 0 Å². The van der Waals surface area contributed by atoms with E-state index < -0.39 is 0 Å².